The van der Waals surface area contributed by atoms with Gasteiger partial charge in [0.25, 0.3) is 23.6 Å². The highest BCUT2D eigenvalue weighted by atomic mass is 28.3. The molecule has 17 nitrogen and oxygen atoms in total. The number of hydrogen-bond donors (Lipinski definition) is 1. The lowest BCUT2D eigenvalue weighted by atomic mass is 9.98. The summed E-state index contributed by atoms with van der Waals surface area (Å²) in [5, 5.41) is 2.80. The zero-order chi connectivity index (χ0) is 57.6. The number of carbonyl (C=O) groups is 5. The molecule has 0 saturated heterocycles. The van der Waals surface area contributed by atoms with Gasteiger partial charge < -0.3 is 48.3 Å². The number of amides is 5. The van der Waals surface area contributed by atoms with Gasteiger partial charge in [-0.2, -0.15) is 0 Å². The number of methoxy groups -OCH3 is 2. The van der Waals surface area contributed by atoms with Crippen LogP contribution in [0.5, 0.6) is 23.0 Å². The van der Waals surface area contributed by atoms with Crippen LogP contribution in [0.1, 0.15) is 63.9 Å². The lowest BCUT2D eigenvalue weighted by Gasteiger charge is -2.27. The highest BCUT2D eigenvalue weighted by molar-refractivity contribution is 6.76. The summed E-state index contributed by atoms with van der Waals surface area (Å²) in [5.74, 6) is -0.0970. The Hall–Kier alpha value is -7.46. The average Bonchev–Trinajstić information content (AvgIpc) is 4.23. The van der Waals surface area contributed by atoms with E-state index >= 15 is 0 Å². The Morgan fingerprint density at radius 1 is 0.617 bits per heavy atom. The fourth-order valence-electron chi connectivity index (χ4n) is 10.6. The van der Waals surface area contributed by atoms with Crippen LogP contribution in [0.4, 0.5) is 16.2 Å². The molecule has 4 aromatic carbocycles. The largest absolute Gasteiger partial charge is 0.493 e. The van der Waals surface area contributed by atoms with E-state index in [4.69, 9.17) is 33.2 Å². The van der Waals surface area contributed by atoms with Gasteiger partial charge in [0.15, 0.2) is 23.0 Å². The van der Waals surface area contributed by atoms with Crippen LogP contribution in [0.2, 0.25) is 51.4 Å². The van der Waals surface area contributed by atoms with Gasteiger partial charge in [0.05, 0.1) is 49.9 Å². The smallest absolute Gasteiger partial charge is 0.407 e. The fourth-order valence-corrected chi connectivity index (χ4v) is 12.1. The first kappa shape index (κ1) is 58.2. The first-order chi connectivity index (χ1) is 38.9. The molecule has 1 N–H and O–H groups in total. The molecule has 0 bridgehead atoms. The molecule has 19 heteroatoms. The van der Waals surface area contributed by atoms with Crippen molar-refractivity contribution in [3.63, 3.8) is 0 Å². The van der Waals surface area contributed by atoms with Gasteiger partial charge in [0, 0.05) is 85.6 Å². The van der Waals surface area contributed by atoms with Gasteiger partial charge in [-0.1, -0.05) is 112 Å². The number of benzene rings is 4. The van der Waals surface area contributed by atoms with Crippen molar-refractivity contribution < 1.29 is 57.1 Å². The van der Waals surface area contributed by atoms with Crippen molar-refractivity contribution in [2.24, 2.45) is 0 Å². The number of nitrogens with zero attached hydrogens (tertiary/aromatic N) is 4. The predicted octanol–water partition coefficient (Wildman–Crippen LogP) is 10.7. The van der Waals surface area contributed by atoms with Gasteiger partial charge in [-0.3, -0.25) is 29.0 Å². The molecular formula is C62H75N5O12Si2. The third kappa shape index (κ3) is 13.2. The lowest BCUT2D eigenvalue weighted by molar-refractivity contribution is -0.123. The van der Waals surface area contributed by atoms with Crippen molar-refractivity contribution in [2.45, 2.75) is 95.6 Å². The molecule has 0 fully saturated rings. The van der Waals surface area contributed by atoms with Gasteiger partial charge in [-0.25, -0.2) is 4.79 Å². The summed E-state index contributed by atoms with van der Waals surface area (Å²) in [6.45, 7) is 16.9. The molecule has 5 aliphatic rings. The number of fused-ring (bicyclic) bond motifs is 7. The van der Waals surface area contributed by atoms with Gasteiger partial charge in [0.1, 0.15) is 32.2 Å². The Kier molecular flexibility index (Phi) is 18.1. The highest BCUT2D eigenvalue weighted by Crippen LogP contribution is 2.46. The number of carbonyl (C=O) groups excluding carboxylic acids is 5. The molecule has 4 aliphatic heterocycles. The van der Waals surface area contributed by atoms with Crippen molar-refractivity contribution in [1.82, 2.24) is 15.1 Å². The second-order valence-corrected chi connectivity index (χ2v) is 34.4. The molecule has 0 spiro atoms. The normalized spacial score (nSPS) is 17.8. The maximum Gasteiger partial charge on any atom is 0.407 e. The summed E-state index contributed by atoms with van der Waals surface area (Å²) < 4.78 is 42.3. The SMILES string of the molecule is C/C=C/C1=CN2C(=O)c3cc(OC)c(OCCCOc4cc5c(cc4OC)C(=O)N4C=C(/C=C/CNC(=O)OCC6c7ccccc7-c7ccccc76)C[C@H]4C(=O)N5COCC[Si](C)(C)C)cc3N(COCC[Si](C)(C)C)C(=O)[C@@H]2C1. The number of alkyl carbamates (subject to hydrolysis) is 1. The molecule has 428 valence electrons. The Balaban J connectivity index is 0.869. The van der Waals surface area contributed by atoms with Gasteiger partial charge in [-0.05, 0) is 64.5 Å². The number of ether oxygens (including phenoxy) is 7. The van der Waals surface area contributed by atoms with E-state index in [1.807, 2.05) is 49.4 Å². The second kappa shape index (κ2) is 25.1. The summed E-state index contributed by atoms with van der Waals surface area (Å²) in [6, 6.07) is 23.1. The fraction of sp³-hybridized carbons (Fsp3) is 0.403. The number of hydrogen-bond acceptors (Lipinski definition) is 12. The third-order valence-electron chi connectivity index (χ3n) is 15.0. The van der Waals surface area contributed by atoms with Crippen LogP contribution >= 0.6 is 0 Å². The van der Waals surface area contributed by atoms with Crippen molar-refractivity contribution >= 4 is 57.2 Å². The maximum absolute atomic E-state index is 14.7. The first-order valence-electron chi connectivity index (χ1n) is 27.8. The van der Waals surface area contributed by atoms with Gasteiger partial charge >= 0.3 is 6.09 Å². The molecule has 0 aromatic heterocycles. The summed E-state index contributed by atoms with van der Waals surface area (Å²) in [6.07, 6.45) is 11.3. The first-order valence-corrected chi connectivity index (χ1v) is 35.2. The Morgan fingerprint density at radius 2 is 1.09 bits per heavy atom. The predicted molar refractivity (Wildman–Crippen MR) is 317 cm³/mol. The van der Waals surface area contributed by atoms with Gasteiger partial charge in [-0.15, -0.1) is 0 Å². The summed E-state index contributed by atoms with van der Waals surface area (Å²) in [7, 11) is 0.0696. The highest BCUT2D eigenvalue weighted by Gasteiger charge is 2.45. The minimum absolute atomic E-state index is 0.0326. The molecule has 1 aliphatic carbocycles. The lowest BCUT2D eigenvalue weighted by Crippen LogP contribution is -2.45. The molecule has 5 amide bonds. The maximum atomic E-state index is 14.7. The average molecular weight is 1140 g/mol. The van der Waals surface area contributed by atoms with E-state index in [1.54, 1.807) is 47.6 Å². The van der Waals surface area contributed by atoms with E-state index in [0.29, 0.717) is 66.0 Å². The number of rotatable bonds is 24. The Labute approximate surface area is 477 Å². The molecule has 0 saturated carbocycles. The topological polar surface area (TPSA) is 175 Å². The summed E-state index contributed by atoms with van der Waals surface area (Å²) in [5.41, 5.74) is 7.40. The zero-order valence-corrected chi connectivity index (χ0v) is 50.0. The second-order valence-electron chi connectivity index (χ2n) is 23.2. The molecule has 4 aromatic rings. The van der Waals surface area contributed by atoms with Crippen molar-refractivity contribution in [3.8, 4) is 34.1 Å². The Bertz CT molecular complexity index is 3130. The van der Waals surface area contributed by atoms with Crippen LogP contribution in [0.25, 0.3) is 11.1 Å². The van der Waals surface area contributed by atoms with Crippen LogP contribution in [0, 0.1) is 0 Å². The molecule has 4 heterocycles. The molecule has 81 heavy (non-hydrogen) atoms. The van der Waals surface area contributed by atoms with E-state index in [9.17, 15) is 24.0 Å². The number of nitrogens with one attached hydrogen (secondary N) is 1. The molecular weight excluding hydrogens is 1060 g/mol. The molecule has 0 unspecified atom stereocenters. The molecule has 2 atom stereocenters. The van der Waals surface area contributed by atoms with Crippen LogP contribution in [0.15, 0.2) is 121 Å². The monoisotopic (exact) mass is 1140 g/mol. The zero-order valence-electron chi connectivity index (χ0n) is 48.0. The number of anilines is 2. The van der Waals surface area contributed by atoms with E-state index in [1.165, 1.54) is 28.9 Å². The minimum atomic E-state index is -1.49. The van der Waals surface area contributed by atoms with Crippen molar-refractivity contribution in [3.05, 3.63) is 143 Å². The van der Waals surface area contributed by atoms with Crippen LogP contribution in [-0.2, 0) is 23.8 Å². The van der Waals surface area contributed by atoms with E-state index in [0.717, 1.165) is 45.5 Å². The quantitative estimate of drug-likeness (QED) is 0.0520. The summed E-state index contributed by atoms with van der Waals surface area (Å²) in [4.78, 5) is 76.8. The number of allylic oxidation sites excluding steroid dienone is 3. The van der Waals surface area contributed by atoms with Crippen molar-refractivity contribution in [1.29, 1.82) is 0 Å². The standard InChI is InChI=1S/C62H75N5O12Si2/c1-10-17-41-30-52-60(70)66(39-75-26-28-80(4,5)6)50-34-56(54(73-2)32-47(50)58(68)64(52)36-41)77-24-16-25-78-57-35-51-48(33-55(57)74-3)59(69)65-37-42(31-53(65)61(71)67(51)40-76-27-29-81(7,8)9)18-15-23-63-62(72)79-38-49-45-21-13-11-19-43(45)44-20-12-14-22-46(44)49/h10-15,17-22,32-37,49,52-53H,16,23-31,38-40H2,1-9H3,(H,63,72)/b17-10+,18-15+/t52-,53-/m0/s1. The van der Waals surface area contributed by atoms with Crippen molar-refractivity contribution in [2.75, 3.05) is 77.1 Å². The summed E-state index contributed by atoms with van der Waals surface area (Å²) >= 11 is 0. The third-order valence-corrected chi connectivity index (χ3v) is 18.4. The van der Waals surface area contributed by atoms with E-state index in [2.05, 4.69) is 68.9 Å². The van der Waals surface area contributed by atoms with Crippen LogP contribution < -0.4 is 34.1 Å². The van der Waals surface area contributed by atoms with Crippen LogP contribution in [-0.4, -0.2) is 135 Å². The minimum Gasteiger partial charge on any atom is -0.493 e. The Morgan fingerprint density at radius 3 is 1.54 bits per heavy atom. The van der Waals surface area contributed by atoms with Crippen LogP contribution in [0.3, 0.4) is 0 Å². The van der Waals surface area contributed by atoms with E-state index in [-0.39, 0.29) is 75.5 Å². The molecule has 0 radical (unpaired) electrons. The van der Waals surface area contributed by atoms with Gasteiger partial charge in [0.2, 0.25) is 0 Å². The molecule has 9 rings (SSSR count). The van der Waals surface area contributed by atoms with E-state index < -0.39 is 40.2 Å².